The van der Waals surface area contributed by atoms with Crippen LogP contribution in [0, 0.1) is 16.7 Å². The van der Waals surface area contributed by atoms with Gasteiger partial charge in [-0.05, 0) is 61.4 Å². The largest absolute Gasteiger partial charge is 0.328 e. The average molecular weight is 513 g/mol. The fourth-order valence-corrected chi connectivity index (χ4v) is 6.48. The van der Waals surface area contributed by atoms with E-state index in [9.17, 15) is 13.7 Å². The van der Waals surface area contributed by atoms with E-state index in [0.717, 1.165) is 73.6 Å². The molecule has 1 aromatic carbocycles. The fraction of sp³-hybridized carbons (Fsp3) is 0.480. The molecule has 0 bridgehead atoms. The normalized spacial score (nSPS) is 18.9. The molecule has 5 rings (SSSR count). The molecule has 0 radical (unpaired) electrons. The molecule has 0 aliphatic carbocycles. The van der Waals surface area contributed by atoms with E-state index in [0.29, 0.717) is 13.1 Å². The molecule has 0 amide bonds. The van der Waals surface area contributed by atoms with Crippen molar-refractivity contribution in [3.05, 3.63) is 58.6 Å². The Kier molecular flexibility index (Phi) is 6.57. The van der Waals surface area contributed by atoms with Gasteiger partial charge in [0, 0.05) is 55.0 Å². The van der Waals surface area contributed by atoms with Crippen LogP contribution < -0.4 is 0 Å². The molecule has 0 unspecified atom stereocenters. The van der Waals surface area contributed by atoms with E-state index in [-0.39, 0.29) is 11.2 Å². The molecule has 3 aromatic rings. The highest BCUT2D eigenvalue weighted by atomic mass is 35.5. The number of aromatic nitrogens is 3. The van der Waals surface area contributed by atoms with Crippen LogP contribution in [0.3, 0.4) is 0 Å². The first-order chi connectivity index (χ1) is 16.7. The number of nitrogens with zero attached hydrogens (tertiary/aromatic N) is 6. The van der Waals surface area contributed by atoms with E-state index in [4.69, 9.17) is 11.6 Å². The lowest BCUT2D eigenvalue weighted by Crippen LogP contribution is -2.43. The van der Waals surface area contributed by atoms with Crippen LogP contribution in [-0.4, -0.2) is 64.6 Å². The highest BCUT2D eigenvalue weighted by Crippen LogP contribution is 2.41. The van der Waals surface area contributed by atoms with Crippen LogP contribution in [0.25, 0.3) is 11.0 Å². The summed E-state index contributed by atoms with van der Waals surface area (Å²) in [5.74, 6) is 0.174. The third-order valence-corrected chi connectivity index (χ3v) is 9.07. The van der Waals surface area contributed by atoms with Crippen LogP contribution in [0.2, 0.25) is 5.02 Å². The van der Waals surface area contributed by atoms with Crippen molar-refractivity contribution >= 4 is 32.7 Å². The van der Waals surface area contributed by atoms with Crippen molar-refractivity contribution in [1.29, 1.82) is 5.26 Å². The minimum Gasteiger partial charge on any atom is -0.328 e. The lowest BCUT2D eigenvalue weighted by atomic mass is 9.78. The maximum Gasteiger partial charge on any atom is 0.234 e. The van der Waals surface area contributed by atoms with Crippen molar-refractivity contribution in [2.45, 2.75) is 38.8 Å². The van der Waals surface area contributed by atoms with Crippen LogP contribution in [0.4, 0.5) is 0 Å². The lowest BCUT2D eigenvalue weighted by Gasteiger charge is -2.38. The van der Waals surface area contributed by atoms with Crippen LogP contribution >= 0.6 is 11.6 Å². The summed E-state index contributed by atoms with van der Waals surface area (Å²) in [6, 6.07) is 12.1. The predicted octanol–water partition coefficient (Wildman–Crippen LogP) is 3.45. The molecule has 2 aliphatic rings. The van der Waals surface area contributed by atoms with Crippen LogP contribution in [0.1, 0.15) is 36.3 Å². The first-order valence-corrected chi connectivity index (χ1v) is 14.1. The van der Waals surface area contributed by atoms with E-state index < -0.39 is 10.0 Å². The van der Waals surface area contributed by atoms with Gasteiger partial charge in [0.1, 0.15) is 11.7 Å². The number of nitriles is 1. The Morgan fingerprint density at radius 3 is 2.54 bits per heavy atom. The van der Waals surface area contributed by atoms with Gasteiger partial charge in [0.05, 0.1) is 6.26 Å². The molecule has 35 heavy (non-hydrogen) atoms. The summed E-state index contributed by atoms with van der Waals surface area (Å²) in [4.78, 5) is 11.2. The second kappa shape index (κ2) is 9.51. The lowest BCUT2D eigenvalue weighted by molar-refractivity contribution is 0.153. The minimum atomic E-state index is -3.12. The number of aryl methyl sites for hydroxylation is 2. The Balaban J connectivity index is 1.35. The summed E-state index contributed by atoms with van der Waals surface area (Å²) in [6.45, 7) is 4.72. The van der Waals surface area contributed by atoms with Gasteiger partial charge < -0.3 is 4.57 Å². The molecule has 8 nitrogen and oxygen atoms in total. The standard InChI is InChI=1S/C25H29ClN6O2S/c1-35(33,34)31-12-8-25(9-13-31)7-11-30(18-25)17-22-14-20-16-28-23(15-27)29-24(20)32(22)10-6-19-2-4-21(26)5-3-19/h2-5,14,16H,6-13,17-18H2,1H3. The number of piperidine rings is 1. The SMILES string of the molecule is CS(=O)(=O)N1CCC2(CCN(Cc3cc4cnc(C#N)nc4n3CCc3ccc(Cl)cc3)C2)CC1. The second-order valence-electron chi connectivity index (χ2n) is 9.87. The first kappa shape index (κ1) is 24.2. The van der Waals surface area contributed by atoms with Crippen LogP contribution in [0.5, 0.6) is 0 Å². The first-order valence-electron chi connectivity index (χ1n) is 11.9. The van der Waals surface area contributed by atoms with Crippen molar-refractivity contribution in [3.8, 4) is 6.07 Å². The zero-order valence-corrected chi connectivity index (χ0v) is 21.4. The number of rotatable bonds is 6. The number of fused-ring (bicyclic) bond motifs is 1. The molecule has 2 fully saturated rings. The van der Waals surface area contributed by atoms with E-state index >= 15 is 0 Å². The van der Waals surface area contributed by atoms with E-state index in [2.05, 4.69) is 31.6 Å². The number of hydrogen-bond donors (Lipinski definition) is 0. The molecule has 0 atom stereocenters. The van der Waals surface area contributed by atoms with Gasteiger partial charge in [-0.1, -0.05) is 23.7 Å². The number of hydrogen-bond acceptors (Lipinski definition) is 6. The second-order valence-corrected chi connectivity index (χ2v) is 12.3. The number of sulfonamides is 1. The van der Waals surface area contributed by atoms with Crippen molar-refractivity contribution in [1.82, 2.24) is 23.7 Å². The quantitative estimate of drug-likeness (QED) is 0.502. The molecule has 2 aromatic heterocycles. The Bertz CT molecular complexity index is 1370. The number of likely N-dealkylation sites (tertiary alicyclic amines) is 1. The highest BCUT2D eigenvalue weighted by Gasteiger charge is 2.42. The summed E-state index contributed by atoms with van der Waals surface area (Å²) < 4.78 is 27.7. The van der Waals surface area contributed by atoms with Crippen molar-refractivity contribution in [2.24, 2.45) is 5.41 Å². The number of halogens is 1. The maximum absolute atomic E-state index is 11.9. The minimum absolute atomic E-state index is 0.174. The summed E-state index contributed by atoms with van der Waals surface area (Å²) in [6.07, 6.45) is 6.77. The molecule has 184 valence electrons. The highest BCUT2D eigenvalue weighted by molar-refractivity contribution is 7.88. The van der Waals surface area contributed by atoms with Crippen molar-refractivity contribution < 1.29 is 8.42 Å². The van der Waals surface area contributed by atoms with Gasteiger partial charge in [-0.3, -0.25) is 4.90 Å². The van der Waals surface area contributed by atoms with E-state index in [1.165, 1.54) is 11.8 Å². The average Bonchev–Trinajstić information content (AvgIpc) is 3.38. The monoisotopic (exact) mass is 512 g/mol. The third-order valence-electron chi connectivity index (χ3n) is 7.51. The molecule has 0 saturated carbocycles. The van der Waals surface area contributed by atoms with Crippen molar-refractivity contribution in [2.75, 3.05) is 32.4 Å². The third kappa shape index (κ3) is 5.21. The van der Waals surface area contributed by atoms with Gasteiger partial charge in [0.25, 0.3) is 0 Å². The summed E-state index contributed by atoms with van der Waals surface area (Å²) in [5, 5.41) is 11.0. The van der Waals surface area contributed by atoms with E-state index in [1.54, 1.807) is 10.5 Å². The van der Waals surface area contributed by atoms with Gasteiger partial charge in [-0.15, -0.1) is 0 Å². The van der Waals surface area contributed by atoms with Gasteiger partial charge in [0.2, 0.25) is 15.8 Å². The summed E-state index contributed by atoms with van der Waals surface area (Å²) in [7, 11) is -3.12. The summed E-state index contributed by atoms with van der Waals surface area (Å²) in [5.41, 5.74) is 3.32. The maximum atomic E-state index is 11.9. The Morgan fingerprint density at radius 1 is 1.14 bits per heavy atom. The number of benzene rings is 1. The Hall–Kier alpha value is -2.51. The molecular formula is C25H29ClN6O2S. The molecular weight excluding hydrogens is 484 g/mol. The molecule has 0 N–H and O–H groups in total. The van der Waals surface area contributed by atoms with Gasteiger partial charge in [-0.2, -0.15) is 5.26 Å². The predicted molar refractivity (Wildman–Crippen MR) is 135 cm³/mol. The van der Waals surface area contributed by atoms with Crippen LogP contribution in [0.15, 0.2) is 36.5 Å². The summed E-state index contributed by atoms with van der Waals surface area (Å²) >= 11 is 6.04. The topological polar surface area (TPSA) is 95.1 Å². The zero-order valence-electron chi connectivity index (χ0n) is 19.8. The zero-order chi connectivity index (χ0) is 24.6. The van der Waals surface area contributed by atoms with Crippen LogP contribution in [-0.2, 0) is 29.5 Å². The van der Waals surface area contributed by atoms with Gasteiger partial charge >= 0.3 is 0 Å². The molecule has 10 heteroatoms. The molecule has 2 saturated heterocycles. The molecule has 2 aliphatic heterocycles. The molecule has 4 heterocycles. The van der Waals surface area contributed by atoms with Crippen molar-refractivity contribution in [3.63, 3.8) is 0 Å². The fourth-order valence-electron chi connectivity index (χ4n) is 5.51. The Labute approximate surface area is 211 Å². The Morgan fingerprint density at radius 2 is 1.86 bits per heavy atom. The smallest absolute Gasteiger partial charge is 0.234 e. The molecule has 1 spiro atoms. The van der Waals surface area contributed by atoms with Gasteiger partial charge in [-0.25, -0.2) is 22.7 Å². The van der Waals surface area contributed by atoms with Gasteiger partial charge in [0.15, 0.2) is 0 Å². The van der Waals surface area contributed by atoms with E-state index in [1.807, 2.05) is 24.3 Å².